The van der Waals surface area contributed by atoms with Gasteiger partial charge in [0.15, 0.2) is 0 Å². The molecule has 1 aromatic carbocycles. The van der Waals surface area contributed by atoms with E-state index in [2.05, 4.69) is 4.98 Å². The minimum absolute atomic E-state index is 0.109. The molecule has 0 aliphatic heterocycles. The normalized spacial score (nSPS) is 10.6. The number of aromatic amines is 1. The second kappa shape index (κ2) is 4.70. The van der Waals surface area contributed by atoms with Crippen molar-refractivity contribution in [2.75, 3.05) is 5.73 Å². The largest absolute Gasteiger partial charge is 0.385 e. The highest BCUT2D eigenvalue weighted by Gasteiger charge is 2.10. The summed E-state index contributed by atoms with van der Waals surface area (Å²) in [6.45, 7) is 0. The van der Waals surface area contributed by atoms with Crippen LogP contribution in [0.4, 0.5) is 5.82 Å². The summed E-state index contributed by atoms with van der Waals surface area (Å²) in [6, 6.07) is 7.10. The molecule has 2 rings (SSSR count). The predicted molar refractivity (Wildman–Crippen MR) is 71.0 cm³/mol. The number of hydrogen-bond donors (Lipinski definition) is 2. The minimum Gasteiger partial charge on any atom is -0.385 e. The molecule has 0 fully saturated rings. The zero-order chi connectivity index (χ0) is 13.3. The summed E-state index contributed by atoms with van der Waals surface area (Å²) in [4.78, 5) is 25.7. The van der Waals surface area contributed by atoms with Crippen LogP contribution in [0.5, 0.6) is 0 Å². The Bertz CT molecular complexity index is 686. The van der Waals surface area contributed by atoms with Crippen LogP contribution in [-0.4, -0.2) is 9.55 Å². The van der Waals surface area contributed by atoms with Crippen molar-refractivity contribution in [3.05, 3.63) is 61.3 Å². The van der Waals surface area contributed by atoms with Gasteiger partial charge in [0.2, 0.25) is 0 Å². The maximum atomic E-state index is 11.9. The summed E-state index contributed by atoms with van der Waals surface area (Å²) in [5.41, 5.74) is 6.05. The van der Waals surface area contributed by atoms with E-state index in [1.807, 2.05) is 12.1 Å². The van der Waals surface area contributed by atoms with Gasteiger partial charge in [0.25, 0.3) is 5.56 Å². The van der Waals surface area contributed by atoms with E-state index in [0.717, 1.165) is 10.1 Å². The molecule has 94 valence electrons. The Hall–Kier alpha value is -2.01. The van der Waals surface area contributed by atoms with Gasteiger partial charge in [-0.1, -0.05) is 23.7 Å². The first-order chi connectivity index (χ1) is 8.49. The molecule has 0 spiro atoms. The molecule has 0 saturated carbocycles. The molecule has 0 unspecified atom stereocenters. The SMILES string of the molecule is Cn1c(=O)[nH]c(N)c(Cc2ccc(Cl)cc2)c1=O. The highest BCUT2D eigenvalue weighted by molar-refractivity contribution is 6.30. The van der Waals surface area contributed by atoms with Gasteiger partial charge in [0.1, 0.15) is 5.82 Å². The van der Waals surface area contributed by atoms with Crippen LogP contribution in [0.15, 0.2) is 33.9 Å². The summed E-state index contributed by atoms with van der Waals surface area (Å²) in [5.74, 6) is 0.109. The number of nitrogens with one attached hydrogen (secondary N) is 1. The van der Waals surface area contributed by atoms with Crippen LogP contribution in [0, 0.1) is 0 Å². The summed E-state index contributed by atoms with van der Waals surface area (Å²) >= 11 is 5.79. The van der Waals surface area contributed by atoms with Crippen LogP contribution in [0.25, 0.3) is 0 Å². The molecule has 0 radical (unpaired) electrons. The van der Waals surface area contributed by atoms with Gasteiger partial charge in [0.05, 0.1) is 5.56 Å². The van der Waals surface area contributed by atoms with Crippen LogP contribution >= 0.6 is 11.6 Å². The smallest absolute Gasteiger partial charge is 0.329 e. The Kier molecular flexibility index (Phi) is 3.25. The summed E-state index contributed by atoms with van der Waals surface area (Å²) in [6.07, 6.45) is 0.354. The Balaban J connectivity index is 2.47. The molecule has 1 aromatic heterocycles. The van der Waals surface area contributed by atoms with Gasteiger partial charge in [-0.25, -0.2) is 4.79 Å². The highest BCUT2D eigenvalue weighted by atomic mass is 35.5. The Morgan fingerprint density at radius 1 is 1.28 bits per heavy atom. The van der Waals surface area contributed by atoms with Gasteiger partial charge >= 0.3 is 5.69 Å². The molecule has 0 saturated heterocycles. The molecule has 0 bridgehead atoms. The molecule has 0 aliphatic carbocycles. The van der Waals surface area contributed by atoms with E-state index in [9.17, 15) is 9.59 Å². The number of nitrogen functional groups attached to an aromatic ring is 1. The monoisotopic (exact) mass is 265 g/mol. The van der Waals surface area contributed by atoms with E-state index in [-0.39, 0.29) is 11.4 Å². The van der Waals surface area contributed by atoms with Crippen molar-refractivity contribution in [3.63, 3.8) is 0 Å². The first-order valence-electron chi connectivity index (χ1n) is 5.31. The van der Waals surface area contributed by atoms with Crippen molar-refractivity contribution >= 4 is 17.4 Å². The van der Waals surface area contributed by atoms with E-state index in [1.165, 1.54) is 7.05 Å². The van der Waals surface area contributed by atoms with Gasteiger partial charge in [-0.2, -0.15) is 0 Å². The second-order valence-electron chi connectivity index (χ2n) is 3.99. The zero-order valence-corrected chi connectivity index (χ0v) is 10.5. The number of hydrogen-bond acceptors (Lipinski definition) is 3. The van der Waals surface area contributed by atoms with E-state index >= 15 is 0 Å². The van der Waals surface area contributed by atoms with Crippen LogP contribution in [-0.2, 0) is 13.5 Å². The quantitative estimate of drug-likeness (QED) is 0.847. The fraction of sp³-hybridized carbons (Fsp3) is 0.167. The lowest BCUT2D eigenvalue weighted by Gasteiger charge is -2.06. The number of nitrogens with zero attached hydrogens (tertiary/aromatic N) is 1. The number of aromatic nitrogens is 2. The number of H-pyrrole nitrogens is 1. The standard InChI is InChI=1S/C12H12ClN3O2/c1-16-11(17)9(10(14)15-12(16)18)6-7-2-4-8(13)5-3-7/h2-5H,6,14H2,1H3,(H,15,18). The molecular weight excluding hydrogens is 254 g/mol. The summed E-state index contributed by atoms with van der Waals surface area (Å²) in [5, 5.41) is 0.626. The molecule has 1 heterocycles. The Morgan fingerprint density at radius 3 is 2.50 bits per heavy atom. The molecule has 2 aromatic rings. The number of nitrogens with two attached hydrogens (primary N) is 1. The lowest BCUT2D eigenvalue weighted by Crippen LogP contribution is -2.36. The van der Waals surface area contributed by atoms with Crippen molar-refractivity contribution in [1.82, 2.24) is 9.55 Å². The van der Waals surface area contributed by atoms with Crippen LogP contribution in [0.1, 0.15) is 11.1 Å². The molecular formula is C12H12ClN3O2. The lowest BCUT2D eigenvalue weighted by molar-refractivity contribution is 0.762. The van der Waals surface area contributed by atoms with Crippen LogP contribution in [0.2, 0.25) is 5.02 Å². The second-order valence-corrected chi connectivity index (χ2v) is 4.43. The van der Waals surface area contributed by atoms with Crippen molar-refractivity contribution in [2.45, 2.75) is 6.42 Å². The Morgan fingerprint density at radius 2 is 1.89 bits per heavy atom. The maximum Gasteiger partial charge on any atom is 0.329 e. The average molecular weight is 266 g/mol. The molecule has 18 heavy (non-hydrogen) atoms. The maximum absolute atomic E-state index is 11.9. The van der Waals surface area contributed by atoms with Crippen molar-refractivity contribution < 1.29 is 0 Å². The van der Waals surface area contributed by atoms with E-state index in [4.69, 9.17) is 17.3 Å². The third kappa shape index (κ3) is 2.31. The van der Waals surface area contributed by atoms with E-state index in [0.29, 0.717) is 17.0 Å². The number of anilines is 1. The number of benzene rings is 1. The number of halogens is 1. The van der Waals surface area contributed by atoms with Gasteiger partial charge < -0.3 is 5.73 Å². The van der Waals surface area contributed by atoms with E-state index < -0.39 is 5.69 Å². The summed E-state index contributed by atoms with van der Waals surface area (Å²) in [7, 11) is 1.41. The summed E-state index contributed by atoms with van der Waals surface area (Å²) < 4.78 is 1.00. The van der Waals surface area contributed by atoms with Crippen molar-refractivity contribution in [1.29, 1.82) is 0 Å². The number of rotatable bonds is 2. The lowest BCUT2D eigenvalue weighted by atomic mass is 10.1. The van der Waals surface area contributed by atoms with E-state index in [1.54, 1.807) is 12.1 Å². The first kappa shape index (κ1) is 12.4. The first-order valence-corrected chi connectivity index (χ1v) is 5.69. The van der Waals surface area contributed by atoms with Crippen molar-refractivity contribution in [2.24, 2.45) is 7.05 Å². The molecule has 0 aliphatic rings. The van der Waals surface area contributed by atoms with Gasteiger partial charge in [-0.3, -0.25) is 14.3 Å². The van der Waals surface area contributed by atoms with Crippen molar-refractivity contribution in [3.8, 4) is 0 Å². The molecule has 3 N–H and O–H groups in total. The Labute approximate surface area is 108 Å². The fourth-order valence-corrected chi connectivity index (χ4v) is 1.79. The predicted octanol–water partition coefficient (Wildman–Crippen LogP) is 0.900. The van der Waals surface area contributed by atoms with Gasteiger partial charge in [0, 0.05) is 18.5 Å². The average Bonchev–Trinajstić information content (AvgIpc) is 2.34. The molecule has 0 atom stereocenters. The third-order valence-corrected chi connectivity index (χ3v) is 2.98. The zero-order valence-electron chi connectivity index (χ0n) is 9.74. The third-order valence-electron chi connectivity index (χ3n) is 2.73. The van der Waals surface area contributed by atoms with Crippen LogP contribution in [0.3, 0.4) is 0 Å². The van der Waals surface area contributed by atoms with Crippen LogP contribution < -0.4 is 17.0 Å². The topological polar surface area (TPSA) is 80.9 Å². The van der Waals surface area contributed by atoms with Gasteiger partial charge in [-0.15, -0.1) is 0 Å². The highest BCUT2D eigenvalue weighted by Crippen LogP contribution is 2.13. The van der Waals surface area contributed by atoms with Gasteiger partial charge in [-0.05, 0) is 17.7 Å². The molecule has 6 heteroatoms. The molecule has 0 amide bonds. The fourth-order valence-electron chi connectivity index (χ4n) is 1.66. The minimum atomic E-state index is -0.516. The molecule has 5 nitrogen and oxygen atoms in total.